The van der Waals surface area contributed by atoms with E-state index in [1.54, 1.807) is 47.5 Å². The van der Waals surface area contributed by atoms with Gasteiger partial charge in [0.05, 0.1) is 13.2 Å². The van der Waals surface area contributed by atoms with Gasteiger partial charge in [0.2, 0.25) is 5.88 Å². The summed E-state index contributed by atoms with van der Waals surface area (Å²) in [5, 5.41) is 16.6. The van der Waals surface area contributed by atoms with Gasteiger partial charge in [0.15, 0.2) is 6.61 Å². The molecule has 2 heterocycles. The summed E-state index contributed by atoms with van der Waals surface area (Å²) in [4.78, 5) is 13.9. The van der Waals surface area contributed by atoms with Crippen molar-refractivity contribution in [3.8, 4) is 11.6 Å². The summed E-state index contributed by atoms with van der Waals surface area (Å²) in [7, 11) is 0. The molecule has 1 N–H and O–H groups in total. The lowest BCUT2D eigenvalue weighted by Crippen LogP contribution is -2.34. The van der Waals surface area contributed by atoms with Crippen molar-refractivity contribution in [3.05, 3.63) is 48.2 Å². The molecule has 24 heavy (non-hydrogen) atoms. The molecule has 0 aliphatic carbocycles. The third-order valence-electron chi connectivity index (χ3n) is 3.80. The monoisotopic (exact) mass is 329 g/mol. The molecule has 0 radical (unpaired) electrons. The number of amides is 1. The maximum absolute atomic E-state index is 12.2. The Bertz CT molecular complexity index is 663. The van der Waals surface area contributed by atoms with Crippen LogP contribution in [0.3, 0.4) is 0 Å². The molecule has 1 atom stereocenters. The molecule has 7 heteroatoms. The predicted molar refractivity (Wildman–Crippen MR) is 85.5 cm³/mol. The third kappa shape index (κ3) is 4.20. The van der Waals surface area contributed by atoms with E-state index < -0.39 is 0 Å². The van der Waals surface area contributed by atoms with Crippen molar-refractivity contribution in [2.24, 2.45) is 0 Å². The van der Waals surface area contributed by atoms with Crippen LogP contribution in [0.15, 0.2) is 42.6 Å². The third-order valence-corrected chi connectivity index (χ3v) is 3.80. The number of nitrogens with zero attached hydrogens (tertiary/aromatic N) is 3. The van der Waals surface area contributed by atoms with E-state index in [-0.39, 0.29) is 25.2 Å². The van der Waals surface area contributed by atoms with Crippen LogP contribution in [0.1, 0.15) is 12.0 Å². The zero-order chi connectivity index (χ0) is 16.8. The summed E-state index contributed by atoms with van der Waals surface area (Å²) >= 11 is 0. The second-order valence-electron chi connectivity index (χ2n) is 5.52. The average molecular weight is 329 g/mol. The fourth-order valence-corrected chi connectivity index (χ4v) is 2.50. The summed E-state index contributed by atoms with van der Waals surface area (Å²) in [6, 6.07) is 10.5. The lowest BCUT2D eigenvalue weighted by Gasteiger charge is -2.17. The highest BCUT2D eigenvalue weighted by molar-refractivity contribution is 5.78. The number of likely N-dealkylation sites (tertiary alicyclic amines) is 1. The minimum atomic E-state index is -0.0773. The van der Waals surface area contributed by atoms with Crippen LogP contribution in [0, 0.1) is 0 Å². The molecule has 3 rings (SSSR count). The molecular formula is C17H19N3O4. The van der Waals surface area contributed by atoms with Crippen LogP contribution in [-0.4, -0.2) is 51.9 Å². The van der Waals surface area contributed by atoms with Gasteiger partial charge in [0.25, 0.3) is 5.91 Å². The Kier molecular flexibility index (Phi) is 5.22. The molecule has 1 aromatic heterocycles. The van der Waals surface area contributed by atoms with E-state index in [1.165, 1.54) is 0 Å². The molecular weight excluding hydrogens is 310 g/mol. The smallest absolute Gasteiger partial charge is 0.260 e. The van der Waals surface area contributed by atoms with E-state index in [0.29, 0.717) is 24.7 Å². The van der Waals surface area contributed by atoms with E-state index >= 15 is 0 Å². The highest BCUT2D eigenvalue weighted by Gasteiger charge is 2.28. The Labute approximate surface area is 139 Å². The van der Waals surface area contributed by atoms with Gasteiger partial charge in [-0.2, -0.15) is 5.10 Å². The zero-order valence-electron chi connectivity index (χ0n) is 13.2. The molecule has 1 aliphatic heterocycles. The van der Waals surface area contributed by atoms with Gasteiger partial charge >= 0.3 is 0 Å². The van der Waals surface area contributed by atoms with Gasteiger partial charge in [0.1, 0.15) is 11.9 Å². The molecule has 2 aromatic rings. The van der Waals surface area contributed by atoms with Crippen molar-refractivity contribution in [3.63, 3.8) is 0 Å². The number of hydrogen-bond acceptors (Lipinski definition) is 6. The second kappa shape index (κ2) is 7.74. The standard InChI is InChI=1S/C17H19N3O4/c21-11-13-3-5-14(6-4-13)23-12-17(22)20-9-7-15(10-20)24-16-2-1-8-18-19-16/h1-6,8,15,21H,7,9-12H2. The number of aliphatic hydroxyl groups is 1. The fourth-order valence-electron chi connectivity index (χ4n) is 2.50. The molecule has 1 amide bonds. The van der Waals surface area contributed by atoms with Crippen LogP contribution in [0.2, 0.25) is 0 Å². The Morgan fingerprint density at radius 2 is 2.12 bits per heavy atom. The van der Waals surface area contributed by atoms with Gasteiger partial charge in [-0.05, 0) is 23.8 Å². The van der Waals surface area contributed by atoms with E-state index in [4.69, 9.17) is 14.6 Å². The van der Waals surface area contributed by atoms with Crippen molar-refractivity contribution < 1.29 is 19.4 Å². The predicted octanol–water partition coefficient (Wildman–Crippen LogP) is 1.03. The molecule has 1 aromatic carbocycles. The number of rotatable bonds is 6. The topological polar surface area (TPSA) is 84.8 Å². The van der Waals surface area contributed by atoms with Crippen LogP contribution in [0.5, 0.6) is 11.6 Å². The van der Waals surface area contributed by atoms with Gasteiger partial charge in [-0.25, -0.2) is 0 Å². The van der Waals surface area contributed by atoms with Crippen LogP contribution in [0.25, 0.3) is 0 Å². The SMILES string of the molecule is O=C(COc1ccc(CO)cc1)N1CCC(Oc2cccnn2)C1. The van der Waals surface area contributed by atoms with Crippen LogP contribution in [0.4, 0.5) is 0 Å². The highest BCUT2D eigenvalue weighted by atomic mass is 16.5. The first-order valence-corrected chi connectivity index (χ1v) is 7.79. The quantitative estimate of drug-likeness (QED) is 0.852. The summed E-state index contributed by atoms with van der Waals surface area (Å²) in [5.74, 6) is 0.996. The van der Waals surface area contributed by atoms with E-state index in [2.05, 4.69) is 10.2 Å². The summed E-state index contributed by atoms with van der Waals surface area (Å²) in [6.45, 7) is 1.12. The number of carbonyl (C=O) groups excluding carboxylic acids is 1. The van der Waals surface area contributed by atoms with E-state index in [0.717, 1.165) is 12.0 Å². The van der Waals surface area contributed by atoms with Crippen molar-refractivity contribution in [1.82, 2.24) is 15.1 Å². The number of ether oxygens (including phenoxy) is 2. The number of hydrogen-bond donors (Lipinski definition) is 1. The molecule has 0 spiro atoms. The maximum Gasteiger partial charge on any atom is 0.260 e. The normalized spacial score (nSPS) is 16.9. The van der Waals surface area contributed by atoms with Gasteiger partial charge in [-0.3, -0.25) is 4.79 Å². The van der Waals surface area contributed by atoms with Crippen LogP contribution in [-0.2, 0) is 11.4 Å². The molecule has 1 saturated heterocycles. The maximum atomic E-state index is 12.2. The fraction of sp³-hybridized carbons (Fsp3) is 0.353. The van der Waals surface area contributed by atoms with Gasteiger partial charge < -0.3 is 19.5 Å². The van der Waals surface area contributed by atoms with Gasteiger partial charge in [-0.1, -0.05) is 12.1 Å². The Morgan fingerprint density at radius 3 is 2.83 bits per heavy atom. The van der Waals surface area contributed by atoms with E-state index in [9.17, 15) is 4.79 Å². The number of aliphatic hydroxyl groups excluding tert-OH is 1. The lowest BCUT2D eigenvalue weighted by atomic mass is 10.2. The van der Waals surface area contributed by atoms with Crippen molar-refractivity contribution >= 4 is 5.91 Å². The first kappa shape index (κ1) is 16.2. The molecule has 1 fully saturated rings. The largest absolute Gasteiger partial charge is 0.484 e. The average Bonchev–Trinajstić information content (AvgIpc) is 3.09. The summed E-state index contributed by atoms with van der Waals surface area (Å²) < 4.78 is 11.2. The first-order chi connectivity index (χ1) is 11.7. The highest BCUT2D eigenvalue weighted by Crippen LogP contribution is 2.17. The number of carbonyl (C=O) groups is 1. The van der Waals surface area contributed by atoms with Crippen molar-refractivity contribution in [2.75, 3.05) is 19.7 Å². The van der Waals surface area contributed by atoms with Crippen molar-refractivity contribution in [2.45, 2.75) is 19.1 Å². The second-order valence-corrected chi connectivity index (χ2v) is 5.52. The lowest BCUT2D eigenvalue weighted by molar-refractivity contribution is -0.132. The molecule has 0 saturated carbocycles. The first-order valence-electron chi connectivity index (χ1n) is 7.79. The summed E-state index contributed by atoms with van der Waals surface area (Å²) in [6.07, 6.45) is 2.27. The van der Waals surface area contributed by atoms with Gasteiger partial charge in [0, 0.05) is 25.2 Å². The Morgan fingerprint density at radius 1 is 1.29 bits per heavy atom. The Hall–Kier alpha value is -2.67. The minimum absolute atomic E-state index is 0.0137. The van der Waals surface area contributed by atoms with Gasteiger partial charge in [-0.15, -0.1) is 5.10 Å². The number of aromatic nitrogens is 2. The Balaban J connectivity index is 1.45. The van der Waals surface area contributed by atoms with Crippen molar-refractivity contribution in [1.29, 1.82) is 0 Å². The van der Waals surface area contributed by atoms with Crippen LogP contribution >= 0.6 is 0 Å². The van der Waals surface area contributed by atoms with E-state index in [1.807, 2.05) is 0 Å². The molecule has 126 valence electrons. The molecule has 0 bridgehead atoms. The number of benzene rings is 1. The zero-order valence-corrected chi connectivity index (χ0v) is 13.2. The minimum Gasteiger partial charge on any atom is -0.484 e. The summed E-state index contributed by atoms with van der Waals surface area (Å²) in [5.41, 5.74) is 0.803. The molecule has 1 aliphatic rings. The van der Waals surface area contributed by atoms with Crippen LogP contribution < -0.4 is 9.47 Å². The molecule has 7 nitrogen and oxygen atoms in total. The molecule has 1 unspecified atom stereocenters.